The first-order chi connectivity index (χ1) is 11.0. The molecule has 0 saturated carbocycles. The zero-order chi connectivity index (χ0) is 16.4. The Labute approximate surface area is 143 Å². The van der Waals surface area contributed by atoms with Crippen LogP contribution in [0.25, 0.3) is 0 Å². The van der Waals surface area contributed by atoms with Gasteiger partial charge in [-0.25, -0.2) is 9.59 Å². The molecule has 0 aromatic rings. The van der Waals surface area contributed by atoms with Crippen LogP contribution in [0.1, 0.15) is 38.5 Å². The molecule has 3 rings (SSSR count). The molecular formula is C14H19N3O4S2. The first kappa shape index (κ1) is 16.5. The van der Waals surface area contributed by atoms with E-state index in [2.05, 4.69) is 10.6 Å². The van der Waals surface area contributed by atoms with E-state index in [4.69, 9.17) is 17.1 Å². The maximum atomic E-state index is 11.8. The van der Waals surface area contributed by atoms with Gasteiger partial charge in [0.1, 0.15) is 4.99 Å². The van der Waals surface area contributed by atoms with E-state index in [0.29, 0.717) is 29.5 Å². The summed E-state index contributed by atoms with van der Waals surface area (Å²) in [5.74, 6) is 0.265. The minimum Gasteiger partial charge on any atom is -0.333 e. The molecule has 3 amide bonds. The van der Waals surface area contributed by atoms with E-state index in [1.807, 2.05) is 11.8 Å². The lowest BCUT2D eigenvalue weighted by atomic mass is 10.0. The Morgan fingerprint density at radius 2 is 2.13 bits per heavy atom. The van der Waals surface area contributed by atoms with E-state index >= 15 is 0 Å². The Bertz CT molecular complexity index is 526. The summed E-state index contributed by atoms with van der Waals surface area (Å²) >= 11 is 6.84. The van der Waals surface area contributed by atoms with Crippen LogP contribution in [-0.4, -0.2) is 51.0 Å². The van der Waals surface area contributed by atoms with Crippen molar-refractivity contribution in [2.45, 2.75) is 55.9 Å². The topological polar surface area (TPSA) is 87.7 Å². The van der Waals surface area contributed by atoms with Crippen LogP contribution in [0.2, 0.25) is 0 Å². The average molecular weight is 357 g/mol. The Hall–Kier alpha value is -1.35. The lowest BCUT2D eigenvalue weighted by Gasteiger charge is -2.17. The standard InChI is InChI=1S/C14H19N3O4S2/c18-10-5-6-11(22)17(10)21-12(19)4-2-1-3-9-13-8(7-23-9)15-14(20)16-13/h8-9,13H,1-7H2,(H2,15,16,20)/t8-,9-,13-/m0/s1. The number of hydrogen-bond acceptors (Lipinski definition) is 6. The highest BCUT2D eigenvalue weighted by Gasteiger charge is 2.42. The summed E-state index contributed by atoms with van der Waals surface area (Å²) in [6.07, 6.45) is 3.58. The smallest absolute Gasteiger partial charge is 0.333 e. The number of carbonyl (C=O) groups excluding carboxylic acids is 3. The molecule has 3 atom stereocenters. The summed E-state index contributed by atoms with van der Waals surface area (Å²) in [5.41, 5.74) is 0. The molecular weight excluding hydrogens is 338 g/mol. The van der Waals surface area contributed by atoms with E-state index in [1.54, 1.807) is 0 Å². The molecule has 0 bridgehead atoms. The second-order valence-electron chi connectivity index (χ2n) is 5.91. The molecule has 0 aliphatic carbocycles. The summed E-state index contributed by atoms with van der Waals surface area (Å²) in [7, 11) is 0. The minimum atomic E-state index is -0.421. The zero-order valence-corrected chi connectivity index (χ0v) is 14.2. The molecule has 7 nitrogen and oxygen atoms in total. The molecule has 0 spiro atoms. The van der Waals surface area contributed by atoms with Crippen LogP contribution in [0.3, 0.4) is 0 Å². The summed E-state index contributed by atoms with van der Waals surface area (Å²) in [5, 5.41) is 7.21. The number of thioether (sulfide) groups is 1. The van der Waals surface area contributed by atoms with Gasteiger partial charge in [-0.2, -0.15) is 11.8 Å². The van der Waals surface area contributed by atoms with E-state index in [0.717, 1.165) is 23.7 Å². The highest BCUT2D eigenvalue weighted by atomic mass is 32.2. The third kappa shape index (κ3) is 3.77. The molecule has 23 heavy (non-hydrogen) atoms. The monoisotopic (exact) mass is 357 g/mol. The van der Waals surface area contributed by atoms with Crippen molar-refractivity contribution in [1.29, 1.82) is 0 Å². The van der Waals surface area contributed by atoms with E-state index in [-0.39, 0.29) is 30.4 Å². The fourth-order valence-electron chi connectivity index (χ4n) is 3.06. The normalized spacial score (nSPS) is 29.5. The number of urea groups is 1. The van der Waals surface area contributed by atoms with Gasteiger partial charge in [0.05, 0.1) is 12.1 Å². The predicted molar refractivity (Wildman–Crippen MR) is 88.7 cm³/mol. The number of nitrogens with one attached hydrogen (secondary N) is 2. The second-order valence-corrected chi connectivity index (χ2v) is 7.66. The highest BCUT2D eigenvalue weighted by molar-refractivity contribution is 8.00. The van der Waals surface area contributed by atoms with Gasteiger partial charge in [0.15, 0.2) is 0 Å². The molecule has 0 aromatic heterocycles. The average Bonchev–Trinajstić information content (AvgIpc) is 3.14. The van der Waals surface area contributed by atoms with Crippen LogP contribution in [0.15, 0.2) is 0 Å². The molecule has 9 heteroatoms. The quantitative estimate of drug-likeness (QED) is 0.421. The van der Waals surface area contributed by atoms with Crippen molar-refractivity contribution in [3.63, 3.8) is 0 Å². The van der Waals surface area contributed by atoms with Crippen molar-refractivity contribution in [2.24, 2.45) is 0 Å². The summed E-state index contributed by atoms with van der Waals surface area (Å²) in [6.45, 7) is 0. The van der Waals surface area contributed by atoms with Gasteiger partial charge in [-0.1, -0.05) is 18.6 Å². The Morgan fingerprint density at radius 1 is 1.30 bits per heavy atom. The SMILES string of the molecule is O=C1N[C@H]2[C@H](CS[C@H]2CCCCC(=O)ON2C(=O)CCC2=S)N1. The molecule has 0 radical (unpaired) electrons. The first-order valence-corrected chi connectivity index (χ1v) is 9.25. The minimum absolute atomic E-state index is 0.0832. The van der Waals surface area contributed by atoms with Crippen molar-refractivity contribution >= 4 is 46.9 Å². The lowest BCUT2D eigenvalue weighted by Crippen LogP contribution is -2.36. The number of carbonyl (C=O) groups is 3. The lowest BCUT2D eigenvalue weighted by molar-refractivity contribution is -0.179. The van der Waals surface area contributed by atoms with Crippen molar-refractivity contribution in [1.82, 2.24) is 15.7 Å². The van der Waals surface area contributed by atoms with Gasteiger partial charge in [-0.05, 0) is 12.8 Å². The van der Waals surface area contributed by atoms with Crippen LogP contribution in [0.5, 0.6) is 0 Å². The number of fused-ring (bicyclic) bond motifs is 1. The van der Waals surface area contributed by atoms with Crippen molar-refractivity contribution in [3.8, 4) is 0 Å². The number of nitrogens with zero attached hydrogens (tertiary/aromatic N) is 1. The third-order valence-electron chi connectivity index (χ3n) is 4.26. The Morgan fingerprint density at radius 3 is 2.87 bits per heavy atom. The molecule has 126 valence electrons. The molecule has 3 aliphatic heterocycles. The van der Waals surface area contributed by atoms with Crippen LogP contribution in [0, 0.1) is 0 Å². The van der Waals surface area contributed by atoms with E-state index < -0.39 is 5.97 Å². The number of thiocarbonyl (C=S) groups is 1. The van der Waals surface area contributed by atoms with Gasteiger partial charge in [0.25, 0.3) is 5.91 Å². The van der Waals surface area contributed by atoms with Gasteiger partial charge in [-0.3, -0.25) is 4.79 Å². The van der Waals surface area contributed by atoms with Crippen LogP contribution in [-0.2, 0) is 14.4 Å². The van der Waals surface area contributed by atoms with Crippen molar-refractivity contribution in [3.05, 3.63) is 0 Å². The molecule has 3 heterocycles. The molecule has 0 unspecified atom stereocenters. The van der Waals surface area contributed by atoms with Gasteiger partial charge in [0.2, 0.25) is 0 Å². The largest absolute Gasteiger partial charge is 0.333 e. The summed E-state index contributed by atoms with van der Waals surface area (Å²) in [4.78, 5) is 39.9. The third-order valence-corrected chi connectivity index (χ3v) is 6.14. The van der Waals surface area contributed by atoms with Crippen LogP contribution >= 0.6 is 24.0 Å². The maximum absolute atomic E-state index is 11.8. The molecule has 0 aromatic carbocycles. The maximum Gasteiger partial charge on any atom is 0.333 e. The first-order valence-electron chi connectivity index (χ1n) is 7.80. The summed E-state index contributed by atoms with van der Waals surface area (Å²) < 4.78 is 0. The highest BCUT2D eigenvalue weighted by Crippen LogP contribution is 2.33. The van der Waals surface area contributed by atoms with E-state index in [1.165, 1.54) is 0 Å². The fraction of sp³-hybridized carbons (Fsp3) is 0.714. The number of hydroxylamine groups is 2. The van der Waals surface area contributed by atoms with Crippen LogP contribution < -0.4 is 10.6 Å². The molecule has 3 fully saturated rings. The number of amides is 3. The number of unbranched alkanes of at least 4 members (excludes halogenated alkanes) is 1. The predicted octanol–water partition coefficient (Wildman–Crippen LogP) is 1.12. The fourth-order valence-corrected chi connectivity index (χ4v) is 4.85. The number of hydrogen-bond donors (Lipinski definition) is 2. The molecule has 3 saturated heterocycles. The zero-order valence-electron chi connectivity index (χ0n) is 12.6. The summed E-state index contributed by atoms with van der Waals surface area (Å²) in [6, 6.07) is 0.337. The number of rotatable bonds is 6. The van der Waals surface area contributed by atoms with Crippen LogP contribution in [0.4, 0.5) is 4.79 Å². The van der Waals surface area contributed by atoms with Crippen molar-refractivity contribution < 1.29 is 19.2 Å². The Kier molecular flexibility index (Phi) is 5.05. The van der Waals surface area contributed by atoms with Gasteiger partial charge < -0.3 is 15.5 Å². The van der Waals surface area contributed by atoms with Crippen molar-refractivity contribution in [2.75, 3.05) is 5.75 Å². The van der Waals surface area contributed by atoms with Gasteiger partial charge in [0, 0.05) is 30.3 Å². The van der Waals surface area contributed by atoms with Gasteiger partial charge in [-0.15, -0.1) is 5.06 Å². The molecule has 3 aliphatic rings. The Balaban J connectivity index is 1.34. The molecule has 2 N–H and O–H groups in total. The second kappa shape index (κ2) is 7.04. The van der Waals surface area contributed by atoms with E-state index in [9.17, 15) is 14.4 Å². The van der Waals surface area contributed by atoms with Gasteiger partial charge >= 0.3 is 12.0 Å².